The monoisotopic (exact) mass is 597 g/mol. The lowest BCUT2D eigenvalue weighted by molar-refractivity contribution is 1.18. The molecule has 8 aromatic carbocycles. The summed E-state index contributed by atoms with van der Waals surface area (Å²) in [7, 11) is 0. The molecule has 0 atom stereocenters. The van der Waals surface area contributed by atoms with Crippen molar-refractivity contribution in [3.8, 4) is 28.3 Å². The third-order valence-electron chi connectivity index (χ3n) is 9.58. The van der Waals surface area contributed by atoms with Gasteiger partial charge in [0, 0.05) is 33.0 Å². The first-order chi connectivity index (χ1) is 23.3. The van der Waals surface area contributed by atoms with E-state index in [1.54, 1.807) is 0 Å². The Balaban J connectivity index is 1.18. The van der Waals surface area contributed by atoms with Gasteiger partial charge in [0.2, 0.25) is 0 Å². The lowest BCUT2D eigenvalue weighted by Crippen LogP contribution is -1.97. The molecule has 0 aliphatic rings. The standard InChI is InChI=1S/C44H27N3/c1-4-14-33-28(10-1)13-9-18-36(33)43-37-17-7-8-19-38(37)45-44(46-43)31-20-24-32(25-21-31)47-39-26-22-29-11-2-5-15-34(29)41(39)42-35-16-6-3-12-30(35)23-27-40(42)47/h1-27H. The van der Waals surface area contributed by atoms with Crippen LogP contribution in [0.15, 0.2) is 164 Å². The van der Waals surface area contributed by atoms with E-state index in [1.807, 2.05) is 6.07 Å². The lowest BCUT2D eigenvalue weighted by Gasteiger charge is -2.13. The summed E-state index contributed by atoms with van der Waals surface area (Å²) >= 11 is 0. The van der Waals surface area contributed by atoms with Crippen molar-refractivity contribution in [2.45, 2.75) is 0 Å². The highest BCUT2D eigenvalue weighted by Crippen LogP contribution is 2.41. The summed E-state index contributed by atoms with van der Waals surface area (Å²) in [6.07, 6.45) is 0. The molecular formula is C44H27N3. The molecule has 10 rings (SSSR count). The highest BCUT2D eigenvalue weighted by Gasteiger charge is 2.18. The second-order valence-electron chi connectivity index (χ2n) is 12.2. The number of rotatable bonds is 3. The third-order valence-corrected chi connectivity index (χ3v) is 9.58. The van der Waals surface area contributed by atoms with Crippen LogP contribution in [0.5, 0.6) is 0 Å². The van der Waals surface area contributed by atoms with Gasteiger partial charge in [0.1, 0.15) is 0 Å². The maximum absolute atomic E-state index is 5.23. The van der Waals surface area contributed by atoms with Crippen molar-refractivity contribution in [2.75, 3.05) is 0 Å². The molecule has 0 radical (unpaired) electrons. The molecule has 0 bridgehead atoms. The van der Waals surface area contributed by atoms with E-state index < -0.39 is 0 Å². The summed E-state index contributed by atoms with van der Waals surface area (Å²) in [6, 6.07) is 58.4. The van der Waals surface area contributed by atoms with Gasteiger partial charge < -0.3 is 4.57 Å². The van der Waals surface area contributed by atoms with Crippen molar-refractivity contribution in [2.24, 2.45) is 0 Å². The zero-order valence-corrected chi connectivity index (χ0v) is 25.4. The summed E-state index contributed by atoms with van der Waals surface area (Å²) in [5, 5.41) is 11.1. The molecule has 47 heavy (non-hydrogen) atoms. The first kappa shape index (κ1) is 26.0. The fourth-order valence-electron chi connectivity index (χ4n) is 7.43. The minimum atomic E-state index is 0.720. The smallest absolute Gasteiger partial charge is 0.160 e. The topological polar surface area (TPSA) is 30.7 Å². The van der Waals surface area contributed by atoms with E-state index in [0.717, 1.165) is 39.2 Å². The maximum atomic E-state index is 5.23. The van der Waals surface area contributed by atoms with E-state index in [9.17, 15) is 0 Å². The predicted octanol–water partition coefficient (Wildman–Crippen LogP) is 11.5. The van der Waals surface area contributed by atoms with E-state index in [-0.39, 0.29) is 0 Å². The molecule has 0 saturated carbocycles. The average Bonchev–Trinajstić information content (AvgIpc) is 3.50. The number of hydrogen-bond donors (Lipinski definition) is 0. The van der Waals surface area contributed by atoms with Crippen LogP contribution in [-0.2, 0) is 0 Å². The Bertz CT molecular complexity index is 2750. The highest BCUT2D eigenvalue weighted by atomic mass is 15.0. The van der Waals surface area contributed by atoms with Gasteiger partial charge in [-0.2, -0.15) is 0 Å². The Labute approximate surface area is 271 Å². The van der Waals surface area contributed by atoms with Crippen molar-refractivity contribution in [1.82, 2.24) is 14.5 Å². The number of fused-ring (bicyclic) bond motifs is 9. The SMILES string of the molecule is c1ccc2c(-c3nc(-c4ccc(-n5c6ccc7ccccc7c6c6c7ccccc7ccc65)cc4)nc4ccccc34)cccc2c1. The summed E-state index contributed by atoms with van der Waals surface area (Å²) in [5.41, 5.74) is 7.49. The van der Waals surface area contributed by atoms with Crippen molar-refractivity contribution in [1.29, 1.82) is 0 Å². The Morgan fingerprint density at radius 1 is 0.383 bits per heavy atom. The molecule has 0 aliphatic heterocycles. The Morgan fingerprint density at radius 3 is 1.57 bits per heavy atom. The Kier molecular flexibility index (Phi) is 5.57. The molecule has 3 heteroatoms. The molecular weight excluding hydrogens is 571 g/mol. The minimum absolute atomic E-state index is 0.720. The average molecular weight is 598 g/mol. The molecule has 0 fully saturated rings. The van der Waals surface area contributed by atoms with Gasteiger partial charge in [0.05, 0.1) is 22.2 Å². The fraction of sp³-hybridized carbons (Fsp3) is 0. The van der Waals surface area contributed by atoms with Crippen LogP contribution in [0, 0.1) is 0 Å². The van der Waals surface area contributed by atoms with Gasteiger partial charge in [-0.05, 0) is 74.8 Å². The van der Waals surface area contributed by atoms with Crippen LogP contribution in [0.2, 0.25) is 0 Å². The van der Waals surface area contributed by atoms with Crippen LogP contribution in [0.25, 0.3) is 93.4 Å². The largest absolute Gasteiger partial charge is 0.309 e. The van der Waals surface area contributed by atoms with Gasteiger partial charge in [-0.25, -0.2) is 9.97 Å². The van der Waals surface area contributed by atoms with Gasteiger partial charge in [0.15, 0.2) is 5.82 Å². The summed E-state index contributed by atoms with van der Waals surface area (Å²) in [6.45, 7) is 0. The molecule has 0 spiro atoms. The summed E-state index contributed by atoms with van der Waals surface area (Å²) < 4.78 is 2.40. The number of aromatic nitrogens is 3. The molecule has 2 aromatic heterocycles. The van der Waals surface area contributed by atoms with E-state index in [1.165, 1.54) is 54.1 Å². The molecule has 0 N–H and O–H groups in total. The third kappa shape index (κ3) is 3.93. The molecule has 218 valence electrons. The number of nitrogens with zero attached hydrogens (tertiary/aromatic N) is 3. The zero-order valence-electron chi connectivity index (χ0n) is 25.4. The van der Waals surface area contributed by atoms with E-state index in [0.29, 0.717) is 0 Å². The molecule has 0 saturated heterocycles. The van der Waals surface area contributed by atoms with Gasteiger partial charge in [-0.3, -0.25) is 0 Å². The van der Waals surface area contributed by atoms with Crippen LogP contribution < -0.4 is 0 Å². The summed E-state index contributed by atoms with van der Waals surface area (Å²) in [4.78, 5) is 10.3. The van der Waals surface area contributed by atoms with Gasteiger partial charge >= 0.3 is 0 Å². The number of benzene rings is 8. The molecule has 0 unspecified atom stereocenters. The van der Waals surface area contributed by atoms with Crippen molar-refractivity contribution >= 4 is 65.0 Å². The van der Waals surface area contributed by atoms with Crippen molar-refractivity contribution in [3.63, 3.8) is 0 Å². The normalized spacial score (nSPS) is 11.8. The molecule has 3 nitrogen and oxygen atoms in total. The van der Waals surface area contributed by atoms with Gasteiger partial charge in [0.25, 0.3) is 0 Å². The minimum Gasteiger partial charge on any atom is -0.309 e. The molecule has 0 amide bonds. The zero-order chi connectivity index (χ0) is 30.9. The van der Waals surface area contributed by atoms with Crippen LogP contribution in [-0.4, -0.2) is 14.5 Å². The first-order valence-electron chi connectivity index (χ1n) is 16.0. The second-order valence-corrected chi connectivity index (χ2v) is 12.2. The molecule has 10 aromatic rings. The van der Waals surface area contributed by atoms with Gasteiger partial charge in [-0.15, -0.1) is 0 Å². The second kappa shape index (κ2) is 10.1. The fourth-order valence-corrected chi connectivity index (χ4v) is 7.43. The van der Waals surface area contributed by atoms with Crippen LogP contribution in [0.4, 0.5) is 0 Å². The van der Waals surface area contributed by atoms with Crippen LogP contribution in [0.1, 0.15) is 0 Å². The molecule has 2 heterocycles. The number of hydrogen-bond acceptors (Lipinski definition) is 2. The first-order valence-corrected chi connectivity index (χ1v) is 16.0. The Hall–Kier alpha value is -6.32. The van der Waals surface area contributed by atoms with Crippen LogP contribution >= 0.6 is 0 Å². The van der Waals surface area contributed by atoms with E-state index in [2.05, 4.69) is 162 Å². The van der Waals surface area contributed by atoms with Crippen molar-refractivity contribution in [3.05, 3.63) is 164 Å². The van der Waals surface area contributed by atoms with Gasteiger partial charge in [-0.1, -0.05) is 121 Å². The predicted molar refractivity (Wildman–Crippen MR) is 197 cm³/mol. The quantitative estimate of drug-likeness (QED) is 0.203. The maximum Gasteiger partial charge on any atom is 0.160 e. The highest BCUT2D eigenvalue weighted by molar-refractivity contribution is 6.28. The Morgan fingerprint density at radius 2 is 0.915 bits per heavy atom. The summed E-state index contributed by atoms with van der Waals surface area (Å²) in [5.74, 6) is 0.720. The lowest BCUT2D eigenvalue weighted by atomic mass is 9.99. The number of para-hydroxylation sites is 1. The van der Waals surface area contributed by atoms with E-state index in [4.69, 9.17) is 9.97 Å². The molecule has 0 aliphatic carbocycles. The van der Waals surface area contributed by atoms with Crippen molar-refractivity contribution < 1.29 is 0 Å². The van der Waals surface area contributed by atoms with E-state index >= 15 is 0 Å². The van der Waals surface area contributed by atoms with Crippen LogP contribution in [0.3, 0.4) is 0 Å².